The molecule has 0 spiro atoms. The van der Waals surface area contributed by atoms with Crippen LogP contribution in [-0.2, 0) is 4.79 Å². The van der Waals surface area contributed by atoms with Gasteiger partial charge in [0.25, 0.3) is 5.91 Å². The number of hydrogen-bond acceptors (Lipinski definition) is 3. The van der Waals surface area contributed by atoms with E-state index in [0.717, 1.165) is 31.5 Å². The fraction of sp³-hybridized carbons (Fsp3) is 0.333. The Balaban J connectivity index is 0.00000280. The molecular weight excluding hydrogens is 381 g/mol. The molecule has 0 aliphatic carbocycles. The Morgan fingerprint density at radius 2 is 1.79 bits per heavy atom. The Hall–Kier alpha value is -2.44. The number of piperidine rings is 1. The van der Waals surface area contributed by atoms with Crippen molar-refractivity contribution in [2.24, 2.45) is 5.92 Å². The molecule has 2 amide bonds. The second kappa shape index (κ2) is 10.2. The maximum Gasteiger partial charge on any atom is 0.255 e. The minimum atomic E-state index is -0.379. The normalized spacial score (nSPS) is 17.1. The highest BCUT2D eigenvalue weighted by atomic mass is 35.5. The van der Waals surface area contributed by atoms with Crippen molar-refractivity contribution in [2.75, 3.05) is 18.4 Å². The van der Waals surface area contributed by atoms with Gasteiger partial charge in [0.05, 0.1) is 12.0 Å². The summed E-state index contributed by atoms with van der Waals surface area (Å²) in [7, 11) is 0. The van der Waals surface area contributed by atoms with Gasteiger partial charge in [-0.1, -0.05) is 12.1 Å². The van der Waals surface area contributed by atoms with Gasteiger partial charge in [0.2, 0.25) is 5.91 Å². The number of halogens is 2. The first-order chi connectivity index (χ1) is 13.0. The molecule has 7 heteroatoms. The summed E-state index contributed by atoms with van der Waals surface area (Å²) in [5.74, 6) is -0.580. The first-order valence-electron chi connectivity index (χ1n) is 9.21. The van der Waals surface area contributed by atoms with E-state index in [9.17, 15) is 14.0 Å². The van der Waals surface area contributed by atoms with Gasteiger partial charge in [0.1, 0.15) is 5.82 Å². The maximum absolute atomic E-state index is 12.9. The zero-order valence-electron chi connectivity index (χ0n) is 15.7. The molecule has 2 atom stereocenters. The topological polar surface area (TPSA) is 70.2 Å². The highest BCUT2D eigenvalue weighted by Gasteiger charge is 2.22. The van der Waals surface area contributed by atoms with E-state index < -0.39 is 0 Å². The first kappa shape index (κ1) is 21.9. The van der Waals surface area contributed by atoms with E-state index in [1.807, 2.05) is 19.1 Å². The number of benzene rings is 2. The van der Waals surface area contributed by atoms with Crippen molar-refractivity contribution in [1.29, 1.82) is 0 Å². The van der Waals surface area contributed by atoms with Gasteiger partial charge in [0, 0.05) is 17.8 Å². The quantitative estimate of drug-likeness (QED) is 0.710. The highest BCUT2D eigenvalue weighted by molar-refractivity contribution is 6.04. The van der Waals surface area contributed by atoms with Gasteiger partial charge in [0.15, 0.2) is 0 Å². The molecule has 3 N–H and O–H groups in total. The van der Waals surface area contributed by atoms with Crippen molar-refractivity contribution >= 4 is 29.9 Å². The standard InChI is InChI=1S/C21H24FN3O2.ClH/c1-14(24-21(27)17-3-2-12-23-13-17)15-6-10-19(11-7-15)25-20(26)16-4-8-18(22)9-5-16;/h4-11,14,17,23H,2-3,12-13H2,1H3,(H,24,27)(H,25,26);1H. The summed E-state index contributed by atoms with van der Waals surface area (Å²) in [5, 5.41) is 9.08. The smallest absolute Gasteiger partial charge is 0.255 e. The van der Waals surface area contributed by atoms with Crippen molar-refractivity contribution in [3.8, 4) is 0 Å². The van der Waals surface area contributed by atoms with Crippen LogP contribution in [0.1, 0.15) is 41.7 Å². The van der Waals surface area contributed by atoms with Crippen LogP contribution < -0.4 is 16.0 Å². The molecule has 28 heavy (non-hydrogen) atoms. The molecule has 0 aromatic heterocycles. The maximum atomic E-state index is 12.9. The van der Waals surface area contributed by atoms with Crippen molar-refractivity contribution < 1.29 is 14.0 Å². The van der Waals surface area contributed by atoms with Crippen LogP contribution in [0.25, 0.3) is 0 Å². The molecule has 150 valence electrons. The molecule has 1 saturated heterocycles. The third kappa shape index (κ3) is 5.78. The predicted molar refractivity (Wildman–Crippen MR) is 110 cm³/mol. The van der Waals surface area contributed by atoms with Gasteiger partial charge in [-0.2, -0.15) is 0 Å². The van der Waals surface area contributed by atoms with Gasteiger partial charge in [-0.3, -0.25) is 9.59 Å². The zero-order chi connectivity index (χ0) is 19.2. The average Bonchev–Trinajstić information content (AvgIpc) is 2.69. The zero-order valence-corrected chi connectivity index (χ0v) is 16.5. The fourth-order valence-electron chi connectivity index (χ4n) is 3.15. The Morgan fingerprint density at radius 3 is 2.39 bits per heavy atom. The van der Waals surface area contributed by atoms with Gasteiger partial charge < -0.3 is 16.0 Å². The Kier molecular flexibility index (Phi) is 7.96. The van der Waals surface area contributed by atoms with Crippen LogP contribution >= 0.6 is 12.4 Å². The van der Waals surface area contributed by atoms with Crippen LogP contribution in [0.2, 0.25) is 0 Å². The third-order valence-electron chi connectivity index (χ3n) is 4.80. The number of hydrogen-bond donors (Lipinski definition) is 3. The molecule has 5 nitrogen and oxygen atoms in total. The van der Waals surface area contributed by atoms with Gasteiger partial charge in [-0.15, -0.1) is 12.4 Å². The molecule has 2 aromatic rings. The molecule has 2 aromatic carbocycles. The molecule has 0 radical (unpaired) electrons. The molecule has 1 aliphatic heterocycles. The second-order valence-corrected chi connectivity index (χ2v) is 6.86. The van der Waals surface area contributed by atoms with E-state index in [4.69, 9.17) is 0 Å². The Morgan fingerprint density at radius 1 is 1.11 bits per heavy atom. The van der Waals surface area contributed by atoms with Crippen LogP contribution in [0.15, 0.2) is 48.5 Å². The average molecular weight is 406 g/mol. The van der Waals surface area contributed by atoms with Crippen LogP contribution in [0.4, 0.5) is 10.1 Å². The van der Waals surface area contributed by atoms with Gasteiger partial charge >= 0.3 is 0 Å². The molecule has 2 unspecified atom stereocenters. The summed E-state index contributed by atoms with van der Waals surface area (Å²) in [6.45, 7) is 3.65. The SMILES string of the molecule is CC(NC(=O)C1CCCNC1)c1ccc(NC(=O)c2ccc(F)cc2)cc1.Cl. The van der Waals surface area contributed by atoms with Crippen LogP contribution in [0, 0.1) is 11.7 Å². The lowest BCUT2D eigenvalue weighted by Gasteiger charge is -2.24. The van der Waals surface area contributed by atoms with E-state index in [2.05, 4.69) is 16.0 Å². The number of rotatable bonds is 5. The summed E-state index contributed by atoms with van der Waals surface area (Å²) < 4.78 is 12.9. The van der Waals surface area contributed by atoms with Gasteiger partial charge in [-0.25, -0.2) is 4.39 Å². The second-order valence-electron chi connectivity index (χ2n) is 6.86. The van der Waals surface area contributed by atoms with E-state index in [-0.39, 0.29) is 42.0 Å². The number of amides is 2. The van der Waals surface area contributed by atoms with Crippen molar-refractivity contribution in [2.45, 2.75) is 25.8 Å². The van der Waals surface area contributed by atoms with E-state index in [0.29, 0.717) is 11.3 Å². The molecular formula is C21H25ClFN3O2. The lowest BCUT2D eigenvalue weighted by Crippen LogP contribution is -2.41. The Labute approximate surface area is 170 Å². The fourth-order valence-corrected chi connectivity index (χ4v) is 3.15. The number of anilines is 1. The molecule has 1 fully saturated rings. The van der Waals surface area contributed by atoms with E-state index >= 15 is 0 Å². The summed E-state index contributed by atoms with van der Waals surface area (Å²) in [6.07, 6.45) is 1.94. The van der Waals surface area contributed by atoms with Crippen molar-refractivity contribution in [3.05, 3.63) is 65.5 Å². The molecule has 0 saturated carbocycles. The minimum absolute atomic E-state index is 0. The summed E-state index contributed by atoms with van der Waals surface area (Å²) in [5.41, 5.74) is 2.00. The summed E-state index contributed by atoms with van der Waals surface area (Å²) in [6, 6.07) is 12.6. The number of carbonyl (C=O) groups is 2. The molecule has 0 bridgehead atoms. The van der Waals surface area contributed by atoms with Crippen LogP contribution in [0.5, 0.6) is 0 Å². The lowest BCUT2D eigenvalue weighted by atomic mass is 9.98. The largest absolute Gasteiger partial charge is 0.349 e. The molecule has 1 heterocycles. The van der Waals surface area contributed by atoms with E-state index in [1.165, 1.54) is 24.3 Å². The summed E-state index contributed by atoms with van der Waals surface area (Å²) >= 11 is 0. The first-order valence-corrected chi connectivity index (χ1v) is 9.21. The monoisotopic (exact) mass is 405 g/mol. The Bertz CT molecular complexity index is 790. The van der Waals surface area contributed by atoms with Crippen LogP contribution in [0.3, 0.4) is 0 Å². The van der Waals surface area contributed by atoms with Crippen molar-refractivity contribution in [1.82, 2.24) is 10.6 Å². The van der Waals surface area contributed by atoms with Crippen LogP contribution in [-0.4, -0.2) is 24.9 Å². The number of nitrogens with one attached hydrogen (secondary N) is 3. The molecule has 3 rings (SSSR count). The number of carbonyl (C=O) groups excluding carboxylic acids is 2. The highest BCUT2D eigenvalue weighted by Crippen LogP contribution is 2.18. The minimum Gasteiger partial charge on any atom is -0.349 e. The van der Waals surface area contributed by atoms with E-state index in [1.54, 1.807) is 12.1 Å². The summed E-state index contributed by atoms with van der Waals surface area (Å²) in [4.78, 5) is 24.5. The van der Waals surface area contributed by atoms with Crippen molar-refractivity contribution in [3.63, 3.8) is 0 Å². The third-order valence-corrected chi connectivity index (χ3v) is 4.80. The van der Waals surface area contributed by atoms with Gasteiger partial charge in [-0.05, 0) is 68.3 Å². The molecule has 1 aliphatic rings. The predicted octanol–water partition coefficient (Wildman–Crippen LogP) is 3.68. The lowest BCUT2D eigenvalue weighted by molar-refractivity contribution is -0.126.